The van der Waals surface area contributed by atoms with Crippen molar-refractivity contribution in [2.45, 2.75) is 6.42 Å². The number of rotatable bonds is 5. The normalized spacial score (nSPS) is 16.3. The fraction of sp³-hybridized carbons (Fsp3) is 0.250. The van der Waals surface area contributed by atoms with Crippen molar-refractivity contribution >= 4 is 22.4 Å². The molecule has 0 saturated carbocycles. The van der Waals surface area contributed by atoms with Crippen molar-refractivity contribution in [3.05, 3.63) is 60.1 Å². The number of hydrogen-bond donors (Lipinski definition) is 1. The molecule has 1 unspecified atom stereocenters. The first-order valence-corrected chi connectivity index (χ1v) is 8.82. The van der Waals surface area contributed by atoms with Crippen LogP contribution in [-0.2, 0) is 4.74 Å². The largest absolute Gasteiger partial charge is 0.477 e. The lowest BCUT2D eigenvalue weighted by molar-refractivity contribution is 0.102. The van der Waals surface area contributed by atoms with Gasteiger partial charge < -0.3 is 14.8 Å². The number of amides is 1. The first-order chi connectivity index (χ1) is 13.6. The first-order valence-electron chi connectivity index (χ1n) is 8.82. The van der Waals surface area contributed by atoms with E-state index in [0.29, 0.717) is 25.2 Å². The van der Waals surface area contributed by atoms with Crippen LogP contribution in [0.3, 0.4) is 0 Å². The number of pyridine rings is 2. The molecule has 0 radical (unpaired) electrons. The predicted molar refractivity (Wildman–Crippen MR) is 98.3 cm³/mol. The van der Waals surface area contributed by atoms with E-state index in [4.69, 9.17) is 9.47 Å². The molecule has 0 spiro atoms. The second-order valence-electron chi connectivity index (χ2n) is 6.53. The van der Waals surface area contributed by atoms with Crippen molar-refractivity contribution in [3.8, 4) is 5.88 Å². The number of nitrogens with zero attached hydrogens (tertiary/aromatic N) is 2. The number of hydrogen-bond acceptors (Lipinski definition) is 5. The Kier molecular flexibility index (Phi) is 5.12. The van der Waals surface area contributed by atoms with Gasteiger partial charge in [0.25, 0.3) is 5.91 Å². The SMILES string of the molecule is O=C(Nc1cc(F)c2c(OCC3CCOC3)nccc2c1)c1ccc(F)cn1. The van der Waals surface area contributed by atoms with Crippen LogP contribution in [0.25, 0.3) is 10.8 Å². The molecule has 8 heteroatoms. The number of nitrogens with one attached hydrogen (secondary N) is 1. The number of benzene rings is 1. The van der Waals surface area contributed by atoms with Gasteiger partial charge in [-0.2, -0.15) is 0 Å². The van der Waals surface area contributed by atoms with Crippen LogP contribution in [-0.4, -0.2) is 35.7 Å². The molecule has 1 N–H and O–H groups in total. The molecule has 0 aliphatic carbocycles. The van der Waals surface area contributed by atoms with Gasteiger partial charge in [0.05, 0.1) is 24.8 Å². The number of anilines is 1. The Bertz CT molecular complexity index is 1010. The standard InChI is InChI=1S/C20H17F2N3O3/c21-14-1-2-17(24-9-14)19(26)25-15-7-13-3-5-23-20(18(13)16(22)8-15)28-11-12-4-6-27-10-12/h1-3,5,7-9,12H,4,6,10-11H2,(H,25,26). The van der Waals surface area contributed by atoms with Crippen molar-refractivity contribution in [2.24, 2.45) is 5.92 Å². The molecule has 0 bridgehead atoms. The first kappa shape index (κ1) is 18.2. The molecule has 1 fully saturated rings. The van der Waals surface area contributed by atoms with Gasteiger partial charge in [-0.05, 0) is 42.1 Å². The van der Waals surface area contributed by atoms with Gasteiger partial charge in [0, 0.05) is 24.4 Å². The van der Waals surface area contributed by atoms with Crippen LogP contribution in [0.2, 0.25) is 0 Å². The number of carbonyl (C=O) groups is 1. The van der Waals surface area contributed by atoms with E-state index in [-0.39, 0.29) is 28.6 Å². The second kappa shape index (κ2) is 7.85. The fourth-order valence-electron chi connectivity index (χ4n) is 3.03. The van der Waals surface area contributed by atoms with Gasteiger partial charge in [-0.25, -0.2) is 18.7 Å². The lowest BCUT2D eigenvalue weighted by Crippen LogP contribution is -2.14. The molecular weight excluding hydrogens is 368 g/mol. The van der Waals surface area contributed by atoms with Gasteiger partial charge in [-0.15, -0.1) is 0 Å². The third-order valence-corrected chi connectivity index (χ3v) is 4.48. The Morgan fingerprint density at radius 1 is 1.25 bits per heavy atom. The molecule has 6 nitrogen and oxygen atoms in total. The summed E-state index contributed by atoms with van der Waals surface area (Å²) in [5, 5.41) is 3.35. The van der Waals surface area contributed by atoms with Crippen LogP contribution < -0.4 is 10.1 Å². The molecule has 1 saturated heterocycles. The summed E-state index contributed by atoms with van der Waals surface area (Å²) in [6, 6.07) is 6.83. The Morgan fingerprint density at radius 2 is 2.14 bits per heavy atom. The average Bonchev–Trinajstić information content (AvgIpc) is 3.20. The minimum Gasteiger partial charge on any atom is -0.477 e. The molecule has 4 rings (SSSR count). The summed E-state index contributed by atoms with van der Waals surface area (Å²) >= 11 is 0. The number of aromatic nitrogens is 2. The van der Waals surface area contributed by atoms with E-state index >= 15 is 0 Å². The Labute approximate surface area is 159 Å². The van der Waals surface area contributed by atoms with E-state index in [1.807, 2.05) is 0 Å². The highest BCUT2D eigenvalue weighted by atomic mass is 19.1. The van der Waals surface area contributed by atoms with Crippen molar-refractivity contribution in [1.82, 2.24) is 9.97 Å². The molecule has 3 heterocycles. The lowest BCUT2D eigenvalue weighted by Gasteiger charge is -2.13. The van der Waals surface area contributed by atoms with Crippen molar-refractivity contribution < 1.29 is 23.0 Å². The number of fused-ring (bicyclic) bond motifs is 1. The smallest absolute Gasteiger partial charge is 0.274 e. The fourth-order valence-corrected chi connectivity index (χ4v) is 3.03. The van der Waals surface area contributed by atoms with Gasteiger partial charge >= 0.3 is 0 Å². The highest BCUT2D eigenvalue weighted by Gasteiger charge is 2.18. The molecule has 3 aromatic rings. The van der Waals surface area contributed by atoms with E-state index in [0.717, 1.165) is 18.7 Å². The molecule has 28 heavy (non-hydrogen) atoms. The minimum absolute atomic E-state index is 0.0273. The molecule has 1 amide bonds. The highest BCUT2D eigenvalue weighted by Crippen LogP contribution is 2.30. The van der Waals surface area contributed by atoms with Gasteiger partial charge in [-0.1, -0.05) is 0 Å². The molecule has 1 aliphatic heterocycles. The van der Waals surface area contributed by atoms with Crippen molar-refractivity contribution in [3.63, 3.8) is 0 Å². The summed E-state index contributed by atoms with van der Waals surface area (Å²) < 4.78 is 38.7. The number of carbonyl (C=O) groups excluding carboxylic acids is 1. The monoisotopic (exact) mass is 385 g/mol. The van der Waals surface area contributed by atoms with Crippen molar-refractivity contribution in [2.75, 3.05) is 25.1 Å². The van der Waals surface area contributed by atoms with Gasteiger partial charge in [-0.3, -0.25) is 4.79 Å². The van der Waals surface area contributed by atoms with Crippen LogP contribution in [0.5, 0.6) is 5.88 Å². The second-order valence-corrected chi connectivity index (χ2v) is 6.53. The molecule has 1 aliphatic rings. The number of halogens is 2. The van der Waals surface area contributed by atoms with Gasteiger partial charge in [0.15, 0.2) is 0 Å². The zero-order valence-corrected chi connectivity index (χ0v) is 14.8. The zero-order chi connectivity index (χ0) is 19.5. The summed E-state index contributed by atoms with van der Waals surface area (Å²) in [6.07, 6.45) is 3.37. The Morgan fingerprint density at radius 3 is 2.89 bits per heavy atom. The van der Waals surface area contributed by atoms with E-state index in [9.17, 15) is 13.6 Å². The third kappa shape index (κ3) is 3.91. The van der Waals surface area contributed by atoms with E-state index < -0.39 is 17.5 Å². The summed E-state index contributed by atoms with van der Waals surface area (Å²) in [5.74, 6) is -1.20. The summed E-state index contributed by atoms with van der Waals surface area (Å²) in [7, 11) is 0. The Hall–Kier alpha value is -3.13. The summed E-state index contributed by atoms with van der Waals surface area (Å²) in [6.45, 7) is 1.73. The van der Waals surface area contributed by atoms with Gasteiger partial charge in [0.2, 0.25) is 5.88 Å². The van der Waals surface area contributed by atoms with Crippen LogP contribution in [0.1, 0.15) is 16.9 Å². The van der Waals surface area contributed by atoms with E-state index in [2.05, 4.69) is 15.3 Å². The van der Waals surface area contributed by atoms with Crippen LogP contribution in [0, 0.1) is 17.6 Å². The van der Waals surface area contributed by atoms with Crippen LogP contribution >= 0.6 is 0 Å². The van der Waals surface area contributed by atoms with Crippen LogP contribution in [0.15, 0.2) is 42.7 Å². The maximum Gasteiger partial charge on any atom is 0.274 e. The highest BCUT2D eigenvalue weighted by molar-refractivity contribution is 6.04. The number of ether oxygens (including phenoxy) is 2. The topological polar surface area (TPSA) is 73.3 Å². The lowest BCUT2D eigenvalue weighted by atomic mass is 10.1. The summed E-state index contributed by atoms with van der Waals surface area (Å²) in [5.41, 5.74) is 0.280. The molecule has 1 atom stereocenters. The molecule has 1 aromatic carbocycles. The predicted octanol–water partition coefficient (Wildman–Crippen LogP) is 3.58. The maximum atomic E-state index is 14.8. The van der Waals surface area contributed by atoms with Crippen LogP contribution in [0.4, 0.5) is 14.5 Å². The average molecular weight is 385 g/mol. The molecular formula is C20H17F2N3O3. The van der Waals surface area contributed by atoms with Gasteiger partial charge in [0.1, 0.15) is 17.3 Å². The zero-order valence-electron chi connectivity index (χ0n) is 14.8. The van der Waals surface area contributed by atoms with E-state index in [1.165, 1.54) is 18.3 Å². The quantitative estimate of drug-likeness (QED) is 0.727. The Balaban J connectivity index is 1.56. The molecule has 2 aromatic heterocycles. The van der Waals surface area contributed by atoms with Crippen molar-refractivity contribution in [1.29, 1.82) is 0 Å². The molecule has 144 valence electrons. The third-order valence-electron chi connectivity index (χ3n) is 4.48. The minimum atomic E-state index is -0.564. The van der Waals surface area contributed by atoms with E-state index in [1.54, 1.807) is 12.1 Å². The summed E-state index contributed by atoms with van der Waals surface area (Å²) in [4.78, 5) is 20.1. The maximum absolute atomic E-state index is 14.8.